The van der Waals surface area contributed by atoms with E-state index < -0.39 is 17.9 Å². The van der Waals surface area contributed by atoms with E-state index in [1.165, 1.54) is 13.5 Å². The van der Waals surface area contributed by atoms with E-state index >= 15 is 0 Å². The lowest BCUT2D eigenvalue weighted by atomic mass is 10.0. The maximum Gasteiger partial charge on any atom is 0.432 e. The monoisotopic (exact) mass is 398 g/mol. The number of hydrogen-bond donors (Lipinski definition) is 1. The van der Waals surface area contributed by atoms with E-state index in [1.54, 1.807) is 0 Å². The van der Waals surface area contributed by atoms with Gasteiger partial charge in [0.15, 0.2) is 0 Å². The molecule has 3 aliphatic heterocycles. The van der Waals surface area contributed by atoms with Crippen molar-refractivity contribution in [1.82, 2.24) is 20.3 Å². The molecule has 1 atom stereocenters. The van der Waals surface area contributed by atoms with Crippen LogP contribution in [0.3, 0.4) is 0 Å². The number of carbonyl (C=O) groups excluding carboxylic acids is 5. The van der Waals surface area contributed by atoms with Crippen molar-refractivity contribution in [3.8, 4) is 0 Å². The molecule has 1 unspecified atom stereocenters. The Morgan fingerprint density at radius 3 is 1.96 bits per heavy atom. The number of hydroxylamine groups is 4. The maximum atomic E-state index is 11.5. The molecule has 0 saturated carbocycles. The van der Waals surface area contributed by atoms with Crippen LogP contribution in [0, 0.1) is 0 Å². The van der Waals surface area contributed by atoms with Crippen molar-refractivity contribution in [3.63, 3.8) is 0 Å². The molecule has 3 saturated heterocycles. The van der Waals surface area contributed by atoms with Gasteiger partial charge in [-0.05, 0) is 26.4 Å². The van der Waals surface area contributed by atoms with E-state index in [2.05, 4.69) is 15.1 Å². The summed E-state index contributed by atoms with van der Waals surface area (Å²) in [6, 6.07) is 0.284. The smallest absolute Gasteiger partial charge is 0.318 e. The Bertz CT molecular complexity index is 607. The molecule has 0 aromatic carbocycles. The summed E-state index contributed by atoms with van der Waals surface area (Å²) in [5.74, 6) is -1.42. The molecule has 0 radical (unpaired) electrons. The third-order valence-electron chi connectivity index (χ3n) is 4.77. The second-order valence-electron chi connectivity index (χ2n) is 6.74. The quantitative estimate of drug-likeness (QED) is 0.654. The number of amides is 5. The van der Waals surface area contributed by atoms with Crippen LogP contribution >= 0.6 is 0 Å². The summed E-state index contributed by atoms with van der Waals surface area (Å²) >= 11 is 0. The predicted molar refractivity (Wildman–Crippen MR) is 93.9 cm³/mol. The molecule has 5 amide bonds. The van der Waals surface area contributed by atoms with Crippen molar-refractivity contribution in [3.05, 3.63) is 0 Å². The predicted octanol–water partition coefficient (Wildman–Crippen LogP) is -0.0423. The Morgan fingerprint density at radius 2 is 1.50 bits per heavy atom. The third kappa shape index (κ3) is 5.73. The molecule has 3 heterocycles. The van der Waals surface area contributed by atoms with Crippen LogP contribution in [0.4, 0.5) is 4.79 Å². The van der Waals surface area contributed by atoms with Gasteiger partial charge in [0, 0.05) is 38.3 Å². The average molecular weight is 398 g/mol. The maximum absolute atomic E-state index is 11.5. The van der Waals surface area contributed by atoms with Crippen molar-refractivity contribution in [2.75, 3.05) is 27.2 Å². The van der Waals surface area contributed by atoms with Crippen LogP contribution in [-0.4, -0.2) is 78.0 Å². The first-order valence-electron chi connectivity index (χ1n) is 9.25. The van der Waals surface area contributed by atoms with Crippen molar-refractivity contribution in [2.24, 2.45) is 0 Å². The lowest BCUT2D eigenvalue weighted by Crippen LogP contribution is -2.46. The molecule has 28 heavy (non-hydrogen) atoms. The lowest BCUT2D eigenvalue weighted by molar-refractivity contribution is -0.179. The minimum absolute atomic E-state index is 0.109. The average Bonchev–Trinajstić information content (AvgIpc) is 3.16. The van der Waals surface area contributed by atoms with Gasteiger partial charge in [-0.15, -0.1) is 5.06 Å². The summed E-state index contributed by atoms with van der Waals surface area (Å²) < 4.78 is 0. The summed E-state index contributed by atoms with van der Waals surface area (Å²) in [7, 11) is 3.32. The van der Waals surface area contributed by atoms with Crippen molar-refractivity contribution < 1.29 is 33.6 Å². The number of likely N-dealkylation sites (N-methyl/N-ethyl adjacent to an activating group) is 1. The molecule has 156 valence electrons. The number of piperidine rings is 1. The summed E-state index contributed by atoms with van der Waals surface area (Å²) in [4.78, 5) is 66.7. The molecule has 11 heteroatoms. The Labute approximate surface area is 162 Å². The molecular weight excluding hydrogens is 372 g/mol. The second-order valence-corrected chi connectivity index (χ2v) is 6.74. The van der Waals surface area contributed by atoms with Gasteiger partial charge < -0.3 is 15.1 Å². The lowest BCUT2D eigenvalue weighted by Gasteiger charge is -2.32. The number of rotatable bonds is 4. The van der Waals surface area contributed by atoms with Crippen molar-refractivity contribution in [2.45, 2.75) is 51.0 Å². The Morgan fingerprint density at radius 1 is 0.964 bits per heavy atom. The van der Waals surface area contributed by atoms with Crippen LogP contribution in [0.1, 0.15) is 44.9 Å². The van der Waals surface area contributed by atoms with Gasteiger partial charge in [0.1, 0.15) is 0 Å². The molecular formula is C17H26N4O7. The van der Waals surface area contributed by atoms with E-state index in [0.717, 1.165) is 24.4 Å². The summed E-state index contributed by atoms with van der Waals surface area (Å²) in [6.45, 7) is 1.48. The first-order chi connectivity index (χ1) is 13.3. The number of likely N-dealkylation sites (tertiary alicyclic amines) is 1. The fourth-order valence-corrected chi connectivity index (χ4v) is 3.14. The van der Waals surface area contributed by atoms with Gasteiger partial charge in [-0.25, -0.2) is 4.79 Å². The molecule has 0 spiro atoms. The topological polar surface area (TPSA) is 126 Å². The van der Waals surface area contributed by atoms with Crippen LogP contribution in [0.25, 0.3) is 0 Å². The zero-order valence-electron chi connectivity index (χ0n) is 16.1. The minimum Gasteiger partial charge on any atom is -0.318 e. The van der Waals surface area contributed by atoms with Crippen molar-refractivity contribution >= 4 is 29.7 Å². The Hall–Kier alpha value is -2.53. The van der Waals surface area contributed by atoms with Gasteiger partial charge >= 0.3 is 6.09 Å². The third-order valence-corrected chi connectivity index (χ3v) is 4.77. The number of nitrogens with zero attached hydrogens (tertiary/aromatic N) is 3. The van der Waals surface area contributed by atoms with Crippen LogP contribution in [0.15, 0.2) is 0 Å². The standard InChI is InChI=1S/C12H19N3O4.C5H7NO3/c1-14-7-3-2-4-9(14)8-13-12(18)19-15-10(16)5-6-11(15)17;1-9-6-4(7)2-3-5(6)8/h9H,2-8H2,1H3,(H,13,18);2-3H2,1H3. The minimum atomic E-state index is -0.748. The van der Waals surface area contributed by atoms with E-state index in [1.807, 2.05) is 7.05 Å². The summed E-state index contributed by atoms with van der Waals surface area (Å²) in [5, 5.41) is 3.95. The molecule has 3 aliphatic rings. The first-order valence-corrected chi connectivity index (χ1v) is 9.25. The van der Waals surface area contributed by atoms with E-state index in [4.69, 9.17) is 4.84 Å². The van der Waals surface area contributed by atoms with Crippen LogP contribution in [0.5, 0.6) is 0 Å². The normalized spacial score (nSPS) is 23.0. The molecule has 0 aromatic rings. The van der Waals surface area contributed by atoms with E-state index in [0.29, 0.717) is 11.6 Å². The fraction of sp³-hybridized carbons (Fsp3) is 0.706. The van der Waals surface area contributed by atoms with Gasteiger partial charge in [0.2, 0.25) is 0 Å². The van der Waals surface area contributed by atoms with E-state index in [9.17, 15) is 24.0 Å². The zero-order valence-corrected chi connectivity index (χ0v) is 16.1. The number of carbonyl (C=O) groups is 5. The highest BCUT2D eigenvalue weighted by Gasteiger charge is 2.33. The van der Waals surface area contributed by atoms with Crippen LogP contribution in [-0.2, 0) is 28.9 Å². The Kier molecular flexibility index (Phi) is 7.88. The molecule has 11 nitrogen and oxygen atoms in total. The number of imide groups is 2. The molecule has 1 N–H and O–H groups in total. The summed E-state index contributed by atoms with van der Waals surface area (Å²) in [6.07, 6.45) is 3.39. The molecule has 3 rings (SSSR count). The highest BCUT2D eigenvalue weighted by atomic mass is 16.7. The molecule has 0 aliphatic carbocycles. The fourth-order valence-electron chi connectivity index (χ4n) is 3.14. The molecule has 0 bridgehead atoms. The van der Waals surface area contributed by atoms with Crippen LogP contribution < -0.4 is 5.32 Å². The summed E-state index contributed by atoms with van der Waals surface area (Å²) in [5.41, 5.74) is 0. The van der Waals surface area contributed by atoms with Gasteiger partial charge in [0.05, 0.1) is 7.11 Å². The number of nitrogens with one attached hydrogen (secondary N) is 1. The van der Waals surface area contributed by atoms with Gasteiger partial charge in [-0.2, -0.15) is 5.06 Å². The van der Waals surface area contributed by atoms with Gasteiger partial charge in [-0.3, -0.25) is 24.0 Å². The highest BCUT2D eigenvalue weighted by Crippen LogP contribution is 2.15. The Balaban J connectivity index is 0.000000261. The van der Waals surface area contributed by atoms with Crippen molar-refractivity contribution in [1.29, 1.82) is 0 Å². The van der Waals surface area contributed by atoms with Gasteiger partial charge in [0.25, 0.3) is 23.6 Å². The van der Waals surface area contributed by atoms with Gasteiger partial charge in [-0.1, -0.05) is 6.42 Å². The zero-order chi connectivity index (χ0) is 20.7. The van der Waals surface area contributed by atoms with E-state index in [-0.39, 0.29) is 43.5 Å². The SMILES string of the molecule is CN1CCCCC1CNC(=O)ON1C(=O)CCC1=O.CON1C(=O)CCC1=O. The highest BCUT2D eigenvalue weighted by molar-refractivity contribution is 6.01. The second kappa shape index (κ2) is 10.1. The molecule has 3 fully saturated rings. The number of hydrogen-bond acceptors (Lipinski definition) is 8. The molecule has 0 aromatic heterocycles. The van der Waals surface area contributed by atoms with Crippen LogP contribution in [0.2, 0.25) is 0 Å². The largest absolute Gasteiger partial charge is 0.432 e. The first kappa shape index (κ1) is 21.8.